The molecule has 38 heavy (non-hydrogen) atoms. The molecule has 1 aliphatic heterocycles. The Labute approximate surface area is 226 Å². The van der Waals surface area contributed by atoms with E-state index in [9.17, 15) is 5.11 Å². The number of ether oxygens (including phenoxy) is 1. The average molecular weight is 519 g/mol. The minimum Gasteiger partial charge on any atom is -0.508 e. The molecule has 1 aliphatic rings. The number of hydrogen-bond acceptors (Lipinski definition) is 4. The second-order valence-corrected chi connectivity index (χ2v) is 9.56. The molecule has 0 saturated carbocycles. The molecule has 2 aromatic heterocycles. The van der Waals surface area contributed by atoms with Crippen LogP contribution in [-0.2, 0) is 0 Å². The number of nitrogens with one attached hydrogen (secondary N) is 1. The quantitative estimate of drug-likeness (QED) is 0.240. The Hall–Kier alpha value is -4.62. The number of anilines is 1. The number of para-hydroxylation sites is 1. The fourth-order valence-electron chi connectivity index (χ4n) is 4.89. The van der Waals surface area contributed by atoms with Gasteiger partial charge >= 0.3 is 0 Å². The summed E-state index contributed by atoms with van der Waals surface area (Å²) in [6.45, 7) is 2.03. The second-order valence-electron chi connectivity index (χ2n) is 9.18. The minimum absolute atomic E-state index is 0.169. The second kappa shape index (κ2) is 10.0. The number of phenols is 1. The first kappa shape index (κ1) is 23.8. The van der Waals surface area contributed by atoms with Gasteiger partial charge in [-0.2, -0.15) is 0 Å². The molecule has 3 heterocycles. The van der Waals surface area contributed by atoms with Crippen LogP contribution in [0.4, 0.5) is 5.69 Å². The lowest BCUT2D eigenvalue weighted by atomic mass is 10.0. The highest BCUT2D eigenvalue weighted by Crippen LogP contribution is 2.42. The van der Waals surface area contributed by atoms with Gasteiger partial charge in [0.15, 0.2) is 5.11 Å². The zero-order valence-electron chi connectivity index (χ0n) is 20.7. The van der Waals surface area contributed by atoms with Gasteiger partial charge in [0.05, 0.1) is 11.7 Å². The van der Waals surface area contributed by atoms with Crippen LogP contribution in [0.25, 0.3) is 5.69 Å². The molecule has 0 bridgehead atoms. The Kier molecular flexibility index (Phi) is 6.27. The van der Waals surface area contributed by atoms with Gasteiger partial charge in [-0.15, -0.1) is 0 Å². The summed E-state index contributed by atoms with van der Waals surface area (Å²) in [6.07, 6.45) is 3.83. The smallest absolute Gasteiger partial charge is 0.174 e. The van der Waals surface area contributed by atoms with E-state index in [2.05, 4.69) is 25.8 Å². The molecule has 0 spiro atoms. The van der Waals surface area contributed by atoms with Gasteiger partial charge in [-0.1, -0.05) is 24.3 Å². The molecule has 188 valence electrons. The molecule has 2 atom stereocenters. The third-order valence-corrected chi connectivity index (χ3v) is 7.06. The predicted octanol–water partition coefficient (Wildman–Crippen LogP) is 6.86. The van der Waals surface area contributed by atoms with E-state index in [4.69, 9.17) is 17.0 Å². The average Bonchev–Trinajstić information content (AvgIpc) is 3.56. The molecule has 0 amide bonds. The molecule has 6 nitrogen and oxygen atoms in total. The van der Waals surface area contributed by atoms with Crippen molar-refractivity contribution in [2.45, 2.75) is 19.0 Å². The SMILES string of the molecule is Cc1ccccc1Oc1ccc(N2C(=S)N[C@@H](c3ccccn3)[C@@H]2c2cccn2-c2ccc(O)cc2)cc1. The lowest BCUT2D eigenvalue weighted by Gasteiger charge is -2.29. The van der Waals surface area contributed by atoms with E-state index in [1.54, 1.807) is 18.3 Å². The summed E-state index contributed by atoms with van der Waals surface area (Å²) < 4.78 is 8.25. The molecule has 0 aliphatic carbocycles. The van der Waals surface area contributed by atoms with Crippen LogP contribution in [0, 0.1) is 6.92 Å². The van der Waals surface area contributed by atoms with Crippen molar-refractivity contribution >= 4 is 23.0 Å². The number of hydrogen-bond donors (Lipinski definition) is 2. The number of pyridine rings is 1. The number of aromatic hydroxyl groups is 1. The summed E-state index contributed by atoms with van der Waals surface area (Å²) in [6, 6.07) is 32.8. The molecule has 1 fully saturated rings. The lowest BCUT2D eigenvalue weighted by molar-refractivity contribution is 0.475. The first-order chi connectivity index (χ1) is 18.6. The van der Waals surface area contributed by atoms with Crippen molar-refractivity contribution in [1.29, 1.82) is 0 Å². The van der Waals surface area contributed by atoms with Crippen molar-refractivity contribution in [1.82, 2.24) is 14.9 Å². The monoisotopic (exact) mass is 518 g/mol. The van der Waals surface area contributed by atoms with E-state index in [-0.39, 0.29) is 17.8 Å². The maximum atomic E-state index is 9.82. The van der Waals surface area contributed by atoms with Crippen LogP contribution in [0.15, 0.2) is 116 Å². The molecule has 1 saturated heterocycles. The Morgan fingerprint density at radius 1 is 0.842 bits per heavy atom. The van der Waals surface area contributed by atoms with Crippen molar-refractivity contribution in [2.75, 3.05) is 4.90 Å². The van der Waals surface area contributed by atoms with Gasteiger partial charge in [0.2, 0.25) is 0 Å². The third-order valence-electron chi connectivity index (χ3n) is 6.75. The molecule has 0 radical (unpaired) electrons. The van der Waals surface area contributed by atoms with Crippen LogP contribution < -0.4 is 15.0 Å². The lowest BCUT2D eigenvalue weighted by Crippen LogP contribution is -2.30. The van der Waals surface area contributed by atoms with E-state index in [1.807, 2.05) is 98.0 Å². The van der Waals surface area contributed by atoms with Crippen LogP contribution in [0.2, 0.25) is 0 Å². The van der Waals surface area contributed by atoms with Crippen molar-refractivity contribution in [2.24, 2.45) is 0 Å². The van der Waals surface area contributed by atoms with Gasteiger partial charge in [-0.25, -0.2) is 0 Å². The highest BCUT2D eigenvalue weighted by atomic mass is 32.1. The first-order valence-electron chi connectivity index (χ1n) is 12.4. The fraction of sp³-hybridized carbons (Fsp3) is 0.0968. The van der Waals surface area contributed by atoms with Gasteiger partial charge < -0.3 is 24.6 Å². The van der Waals surface area contributed by atoms with Crippen LogP contribution >= 0.6 is 12.2 Å². The van der Waals surface area contributed by atoms with Crippen LogP contribution in [-0.4, -0.2) is 19.8 Å². The summed E-state index contributed by atoms with van der Waals surface area (Å²) in [4.78, 5) is 6.79. The number of thiocarbonyl (C=S) groups is 1. The van der Waals surface area contributed by atoms with Gasteiger partial charge in [0.25, 0.3) is 0 Å². The number of aromatic nitrogens is 2. The molecular weight excluding hydrogens is 492 g/mol. The maximum Gasteiger partial charge on any atom is 0.174 e. The van der Waals surface area contributed by atoms with Crippen LogP contribution in [0.3, 0.4) is 0 Å². The topological polar surface area (TPSA) is 62.5 Å². The number of benzene rings is 3. The molecular formula is C31H26N4O2S. The number of phenolic OH excluding ortho intramolecular Hbond substituents is 1. The van der Waals surface area contributed by atoms with Gasteiger partial charge in [0, 0.05) is 29.5 Å². The van der Waals surface area contributed by atoms with Crippen molar-refractivity contribution in [3.63, 3.8) is 0 Å². The minimum atomic E-state index is -0.177. The summed E-state index contributed by atoms with van der Waals surface area (Å²) in [7, 11) is 0. The molecule has 5 aromatic rings. The summed E-state index contributed by atoms with van der Waals surface area (Å²) in [5, 5.41) is 14.0. The third kappa shape index (κ3) is 4.48. The molecule has 6 rings (SSSR count). The first-order valence-corrected chi connectivity index (χ1v) is 12.8. The number of nitrogens with zero attached hydrogens (tertiary/aromatic N) is 3. The van der Waals surface area contributed by atoms with Crippen molar-refractivity contribution in [3.8, 4) is 22.9 Å². The van der Waals surface area contributed by atoms with E-state index in [1.165, 1.54) is 0 Å². The summed E-state index contributed by atoms with van der Waals surface area (Å²) >= 11 is 5.90. The zero-order valence-corrected chi connectivity index (χ0v) is 21.5. The molecule has 3 aromatic carbocycles. The van der Waals surface area contributed by atoms with E-state index >= 15 is 0 Å². The Bertz CT molecular complexity index is 1570. The van der Waals surface area contributed by atoms with Gasteiger partial charge in [0.1, 0.15) is 23.3 Å². The van der Waals surface area contributed by atoms with Gasteiger partial charge in [-0.3, -0.25) is 4.98 Å². The molecule has 2 N–H and O–H groups in total. The Balaban J connectivity index is 1.40. The predicted molar refractivity (Wildman–Crippen MR) is 153 cm³/mol. The van der Waals surface area contributed by atoms with E-state index in [0.717, 1.165) is 39.8 Å². The van der Waals surface area contributed by atoms with Crippen LogP contribution in [0.1, 0.15) is 29.0 Å². The highest BCUT2D eigenvalue weighted by Gasteiger charge is 2.42. The van der Waals surface area contributed by atoms with E-state index < -0.39 is 0 Å². The Morgan fingerprint density at radius 3 is 2.32 bits per heavy atom. The number of aryl methyl sites for hydroxylation is 1. The molecule has 7 heteroatoms. The van der Waals surface area contributed by atoms with Gasteiger partial charge in [-0.05, 0) is 104 Å². The molecule has 0 unspecified atom stereocenters. The normalized spacial score (nSPS) is 16.9. The van der Waals surface area contributed by atoms with Crippen LogP contribution in [0.5, 0.6) is 17.2 Å². The van der Waals surface area contributed by atoms with Crippen molar-refractivity contribution in [3.05, 3.63) is 132 Å². The summed E-state index contributed by atoms with van der Waals surface area (Å²) in [5.74, 6) is 1.82. The highest BCUT2D eigenvalue weighted by molar-refractivity contribution is 7.80. The number of rotatable bonds is 6. The maximum absolute atomic E-state index is 9.82. The standard InChI is InChI=1S/C31H26N4O2S/c1-21-7-2-3-10-28(21)37-25-17-13-23(14-18-25)35-30(29(33-31(35)38)26-8-4-5-19-32-26)27-9-6-20-34(27)22-11-15-24(36)16-12-22/h2-20,29-30,36H,1H3,(H,33,38)/t29-,30-/m0/s1. The summed E-state index contributed by atoms with van der Waals surface area (Å²) in [5.41, 5.74) is 4.91. The zero-order chi connectivity index (χ0) is 26.1. The largest absolute Gasteiger partial charge is 0.508 e. The fourth-order valence-corrected chi connectivity index (χ4v) is 5.24. The van der Waals surface area contributed by atoms with E-state index in [0.29, 0.717) is 5.11 Å². The van der Waals surface area contributed by atoms with Crippen molar-refractivity contribution < 1.29 is 9.84 Å². The Morgan fingerprint density at radius 2 is 1.58 bits per heavy atom.